The zero-order chi connectivity index (χ0) is 15.8. The summed E-state index contributed by atoms with van der Waals surface area (Å²) >= 11 is 1.61. The highest BCUT2D eigenvalue weighted by Crippen LogP contribution is 2.33. The van der Waals surface area contributed by atoms with Crippen molar-refractivity contribution in [1.29, 1.82) is 0 Å². The second-order valence-electron chi connectivity index (χ2n) is 5.00. The van der Waals surface area contributed by atoms with E-state index in [0.29, 0.717) is 17.3 Å². The Morgan fingerprint density at radius 3 is 2.48 bits per heavy atom. The number of aromatic nitrogens is 2. The van der Waals surface area contributed by atoms with Crippen LogP contribution in [-0.4, -0.2) is 16.1 Å². The minimum atomic E-state index is -0.465. The second kappa shape index (κ2) is 5.33. The van der Waals surface area contributed by atoms with Gasteiger partial charge in [-0.3, -0.25) is 4.79 Å². The number of carbonyl (C=O) groups excluding carboxylic acids is 1. The van der Waals surface area contributed by atoms with Crippen LogP contribution in [0.3, 0.4) is 0 Å². The molecule has 6 heteroatoms. The Morgan fingerprint density at radius 2 is 1.74 bits per heavy atom. The van der Waals surface area contributed by atoms with Crippen LogP contribution < -0.4 is 5.73 Å². The van der Waals surface area contributed by atoms with Crippen LogP contribution in [0.4, 0.5) is 0 Å². The van der Waals surface area contributed by atoms with Crippen molar-refractivity contribution in [3.05, 3.63) is 60.2 Å². The summed E-state index contributed by atoms with van der Waals surface area (Å²) in [5, 5.41) is 9.35. The number of benzene rings is 2. The predicted molar refractivity (Wildman–Crippen MR) is 89.1 cm³/mol. The molecule has 0 bridgehead atoms. The maximum absolute atomic E-state index is 11.1. The van der Waals surface area contributed by atoms with E-state index in [9.17, 15) is 4.79 Å². The molecule has 0 spiro atoms. The van der Waals surface area contributed by atoms with Gasteiger partial charge in [-0.2, -0.15) is 0 Å². The molecule has 0 aliphatic rings. The van der Waals surface area contributed by atoms with Crippen molar-refractivity contribution in [2.75, 3.05) is 0 Å². The number of rotatable bonds is 3. The zero-order valence-electron chi connectivity index (χ0n) is 11.9. The summed E-state index contributed by atoms with van der Waals surface area (Å²) in [5.41, 5.74) is 6.42. The first-order valence-electron chi connectivity index (χ1n) is 6.93. The highest BCUT2D eigenvalue weighted by atomic mass is 32.1. The number of amides is 1. The maximum atomic E-state index is 11.1. The summed E-state index contributed by atoms with van der Waals surface area (Å²) in [7, 11) is 0. The summed E-state index contributed by atoms with van der Waals surface area (Å²) in [5.74, 6) is 0.432. The molecule has 23 heavy (non-hydrogen) atoms. The van der Waals surface area contributed by atoms with Gasteiger partial charge in [0, 0.05) is 15.8 Å². The fourth-order valence-corrected chi connectivity index (χ4v) is 3.29. The lowest BCUT2D eigenvalue weighted by molar-refractivity contribution is 0.100. The Bertz CT molecular complexity index is 969. The molecule has 0 radical (unpaired) electrons. The second-order valence-corrected chi connectivity index (χ2v) is 6.09. The SMILES string of the molecule is NC(=O)c1ccc(-c2nnc(-c3cc4ccccc4s3)o2)cc1. The molecule has 112 valence electrons. The minimum Gasteiger partial charge on any atom is -0.415 e. The van der Waals surface area contributed by atoms with Gasteiger partial charge in [-0.25, -0.2) is 0 Å². The molecular weight excluding hydrogens is 310 g/mol. The van der Waals surface area contributed by atoms with Crippen LogP contribution in [0.15, 0.2) is 59.0 Å². The van der Waals surface area contributed by atoms with Gasteiger partial charge in [0.1, 0.15) is 0 Å². The van der Waals surface area contributed by atoms with Crippen LogP contribution in [0.2, 0.25) is 0 Å². The first-order chi connectivity index (χ1) is 11.2. The lowest BCUT2D eigenvalue weighted by atomic mass is 10.1. The lowest BCUT2D eigenvalue weighted by Gasteiger charge is -1.96. The van der Waals surface area contributed by atoms with Crippen LogP contribution in [0.25, 0.3) is 32.3 Å². The Kier molecular flexibility index (Phi) is 3.17. The van der Waals surface area contributed by atoms with Gasteiger partial charge in [-0.05, 0) is 41.8 Å². The zero-order valence-corrected chi connectivity index (χ0v) is 12.7. The third-order valence-electron chi connectivity index (χ3n) is 3.48. The van der Waals surface area contributed by atoms with Crippen LogP contribution in [0, 0.1) is 0 Å². The lowest BCUT2D eigenvalue weighted by Crippen LogP contribution is -2.10. The Labute approximate surface area is 135 Å². The van der Waals surface area contributed by atoms with E-state index in [1.807, 2.05) is 18.2 Å². The number of primary amides is 1. The van der Waals surface area contributed by atoms with Gasteiger partial charge in [-0.1, -0.05) is 18.2 Å². The van der Waals surface area contributed by atoms with Gasteiger partial charge in [0.25, 0.3) is 5.89 Å². The van der Waals surface area contributed by atoms with E-state index in [0.717, 1.165) is 15.8 Å². The molecule has 5 nitrogen and oxygen atoms in total. The van der Waals surface area contributed by atoms with Crippen molar-refractivity contribution >= 4 is 27.3 Å². The molecule has 2 aromatic heterocycles. The Balaban J connectivity index is 1.69. The van der Waals surface area contributed by atoms with Crippen molar-refractivity contribution < 1.29 is 9.21 Å². The number of hydrogen-bond acceptors (Lipinski definition) is 5. The molecule has 2 aromatic carbocycles. The summed E-state index contributed by atoms with van der Waals surface area (Å²) < 4.78 is 6.93. The molecule has 0 atom stereocenters. The summed E-state index contributed by atoms with van der Waals surface area (Å²) in [6.45, 7) is 0. The monoisotopic (exact) mass is 321 g/mol. The summed E-state index contributed by atoms with van der Waals surface area (Å²) in [6, 6.07) is 16.9. The molecule has 0 saturated heterocycles. The van der Waals surface area contributed by atoms with Crippen molar-refractivity contribution in [2.24, 2.45) is 5.73 Å². The minimum absolute atomic E-state index is 0.411. The fourth-order valence-electron chi connectivity index (χ4n) is 2.30. The van der Waals surface area contributed by atoms with E-state index in [2.05, 4.69) is 22.3 Å². The first-order valence-corrected chi connectivity index (χ1v) is 7.75. The molecule has 4 aromatic rings. The first kappa shape index (κ1) is 13.7. The van der Waals surface area contributed by atoms with Gasteiger partial charge >= 0.3 is 0 Å². The van der Waals surface area contributed by atoms with E-state index in [4.69, 9.17) is 10.2 Å². The topological polar surface area (TPSA) is 82.0 Å². The quantitative estimate of drug-likeness (QED) is 0.623. The normalized spacial score (nSPS) is 11.0. The fraction of sp³-hybridized carbons (Fsp3) is 0. The van der Waals surface area contributed by atoms with E-state index < -0.39 is 5.91 Å². The summed E-state index contributed by atoms with van der Waals surface area (Å²) in [6.07, 6.45) is 0. The van der Waals surface area contributed by atoms with E-state index in [1.165, 1.54) is 4.70 Å². The standard InChI is InChI=1S/C17H11N3O2S/c18-15(21)10-5-7-11(8-6-10)16-19-20-17(22-16)14-9-12-3-1-2-4-13(12)23-14/h1-9H,(H2,18,21). The molecule has 0 aliphatic heterocycles. The van der Waals surface area contributed by atoms with Crippen LogP contribution >= 0.6 is 11.3 Å². The van der Waals surface area contributed by atoms with Crippen LogP contribution in [0.5, 0.6) is 0 Å². The van der Waals surface area contributed by atoms with E-state index in [1.54, 1.807) is 35.6 Å². The highest BCUT2D eigenvalue weighted by molar-refractivity contribution is 7.22. The molecule has 2 N–H and O–H groups in total. The average molecular weight is 321 g/mol. The van der Waals surface area contributed by atoms with Gasteiger partial charge in [0.05, 0.1) is 4.88 Å². The number of nitrogens with two attached hydrogens (primary N) is 1. The average Bonchev–Trinajstić information content (AvgIpc) is 3.21. The van der Waals surface area contributed by atoms with Crippen LogP contribution in [-0.2, 0) is 0 Å². The largest absolute Gasteiger partial charge is 0.415 e. The molecule has 0 saturated carbocycles. The Hall–Kier alpha value is -2.99. The number of thiophene rings is 1. The number of fused-ring (bicyclic) bond motifs is 1. The summed E-state index contributed by atoms with van der Waals surface area (Å²) in [4.78, 5) is 12.0. The highest BCUT2D eigenvalue weighted by Gasteiger charge is 2.13. The number of nitrogens with zero attached hydrogens (tertiary/aromatic N) is 2. The third-order valence-corrected chi connectivity index (χ3v) is 4.58. The van der Waals surface area contributed by atoms with Crippen LogP contribution in [0.1, 0.15) is 10.4 Å². The Morgan fingerprint density at radius 1 is 1.00 bits per heavy atom. The maximum Gasteiger partial charge on any atom is 0.258 e. The molecule has 1 amide bonds. The third kappa shape index (κ3) is 2.49. The smallest absolute Gasteiger partial charge is 0.258 e. The van der Waals surface area contributed by atoms with Crippen molar-refractivity contribution in [3.8, 4) is 22.2 Å². The number of carbonyl (C=O) groups is 1. The van der Waals surface area contributed by atoms with E-state index in [-0.39, 0.29) is 0 Å². The molecule has 0 unspecified atom stereocenters. The van der Waals surface area contributed by atoms with Gasteiger partial charge < -0.3 is 10.2 Å². The van der Waals surface area contributed by atoms with Crippen molar-refractivity contribution in [3.63, 3.8) is 0 Å². The predicted octanol–water partition coefficient (Wildman–Crippen LogP) is 3.72. The van der Waals surface area contributed by atoms with Crippen molar-refractivity contribution in [2.45, 2.75) is 0 Å². The molecule has 0 aliphatic carbocycles. The van der Waals surface area contributed by atoms with Gasteiger partial charge in [0.2, 0.25) is 11.8 Å². The molecule has 4 rings (SSSR count). The molecular formula is C17H11N3O2S. The number of hydrogen-bond donors (Lipinski definition) is 1. The molecule has 0 fully saturated rings. The molecule has 2 heterocycles. The van der Waals surface area contributed by atoms with Crippen molar-refractivity contribution in [1.82, 2.24) is 10.2 Å². The van der Waals surface area contributed by atoms with Gasteiger partial charge in [-0.15, -0.1) is 21.5 Å². The van der Waals surface area contributed by atoms with E-state index >= 15 is 0 Å². The van der Waals surface area contributed by atoms with Gasteiger partial charge in [0.15, 0.2) is 0 Å².